The molecular formula is C16H19N5. The lowest BCUT2D eigenvalue weighted by Gasteiger charge is -2.12. The predicted molar refractivity (Wildman–Crippen MR) is 85.8 cm³/mol. The number of imidazole rings is 1. The Hall–Kier alpha value is -2.56. The SMILES string of the molecule is Cc1nc2ccccn2c1CNc1ccc(N(C)C)nc1. The highest BCUT2D eigenvalue weighted by molar-refractivity contribution is 5.49. The molecule has 0 saturated carbocycles. The first-order valence-corrected chi connectivity index (χ1v) is 6.95. The highest BCUT2D eigenvalue weighted by Crippen LogP contribution is 2.15. The van der Waals surface area contributed by atoms with Gasteiger partial charge in [0.15, 0.2) is 0 Å². The standard InChI is InChI=1S/C16H19N5/c1-12-14(21-9-5-4-6-16(21)19-12)11-17-13-7-8-15(18-10-13)20(2)3/h4-10,17H,11H2,1-3H3. The summed E-state index contributed by atoms with van der Waals surface area (Å²) in [6.07, 6.45) is 3.90. The van der Waals surface area contributed by atoms with Gasteiger partial charge in [-0.25, -0.2) is 9.97 Å². The van der Waals surface area contributed by atoms with Crippen LogP contribution < -0.4 is 10.2 Å². The van der Waals surface area contributed by atoms with Crippen LogP contribution in [0.1, 0.15) is 11.4 Å². The van der Waals surface area contributed by atoms with Crippen molar-refractivity contribution >= 4 is 17.2 Å². The van der Waals surface area contributed by atoms with Gasteiger partial charge >= 0.3 is 0 Å². The molecule has 1 N–H and O–H groups in total. The van der Waals surface area contributed by atoms with E-state index in [1.807, 2.05) is 68.6 Å². The second kappa shape index (κ2) is 5.44. The molecule has 0 bridgehead atoms. The third-order valence-corrected chi connectivity index (χ3v) is 3.50. The smallest absolute Gasteiger partial charge is 0.137 e. The number of nitrogens with one attached hydrogen (secondary N) is 1. The van der Waals surface area contributed by atoms with Crippen molar-refractivity contribution in [3.8, 4) is 0 Å². The average molecular weight is 281 g/mol. The van der Waals surface area contributed by atoms with Crippen LogP contribution in [0.5, 0.6) is 0 Å². The van der Waals surface area contributed by atoms with Crippen LogP contribution in [0, 0.1) is 6.92 Å². The Bertz CT molecular complexity index is 743. The van der Waals surface area contributed by atoms with Gasteiger partial charge in [0.05, 0.1) is 29.8 Å². The third-order valence-electron chi connectivity index (χ3n) is 3.50. The number of nitrogens with zero attached hydrogens (tertiary/aromatic N) is 4. The van der Waals surface area contributed by atoms with Crippen molar-refractivity contribution in [2.45, 2.75) is 13.5 Å². The van der Waals surface area contributed by atoms with E-state index in [0.29, 0.717) is 0 Å². The number of anilines is 2. The third kappa shape index (κ3) is 2.67. The number of aromatic nitrogens is 3. The van der Waals surface area contributed by atoms with E-state index in [1.54, 1.807) is 0 Å². The number of pyridine rings is 2. The van der Waals surface area contributed by atoms with E-state index in [1.165, 1.54) is 5.69 Å². The zero-order valence-electron chi connectivity index (χ0n) is 12.5. The maximum atomic E-state index is 4.56. The lowest BCUT2D eigenvalue weighted by atomic mass is 10.3. The molecule has 0 aliphatic heterocycles. The van der Waals surface area contributed by atoms with Crippen molar-refractivity contribution in [2.75, 3.05) is 24.3 Å². The van der Waals surface area contributed by atoms with Gasteiger partial charge in [0, 0.05) is 20.3 Å². The fraction of sp³-hybridized carbons (Fsp3) is 0.250. The molecule has 108 valence electrons. The minimum atomic E-state index is 0.722. The molecular weight excluding hydrogens is 262 g/mol. The topological polar surface area (TPSA) is 45.5 Å². The van der Waals surface area contributed by atoms with Crippen molar-refractivity contribution < 1.29 is 0 Å². The lowest BCUT2D eigenvalue weighted by Crippen LogP contribution is -2.10. The Balaban J connectivity index is 1.78. The van der Waals surface area contributed by atoms with Crippen LogP contribution in [0.2, 0.25) is 0 Å². The summed E-state index contributed by atoms with van der Waals surface area (Å²) in [6.45, 7) is 2.76. The van der Waals surface area contributed by atoms with Crippen LogP contribution in [0.4, 0.5) is 11.5 Å². The Morgan fingerprint density at radius 1 is 1.19 bits per heavy atom. The van der Waals surface area contributed by atoms with E-state index in [-0.39, 0.29) is 0 Å². The van der Waals surface area contributed by atoms with Crippen molar-refractivity contribution in [2.24, 2.45) is 0 Å². The van der Waals surface area contributed by atoms with Crippen LogP contribution >= 0.6 is 0 Å². The van der Waals surface area contributed by atoms with Gasteiger partial charge in [-0.1, -0.05) is 6.07 Å². The number of rotatable bonds is 4. The molecule has 0 radical (unpaired) electrons. The molecule has 0 aliphatic rings. The molecule has 0 aliphatic carbocycles. The Morgan fingerprint density at radius 3 is 2.76 bits per heavy atom. The lowest BCUT2D eigenvalue weighted by molar-refractivity contribution is 0.983. The van der Waals surface area contributed by atoms with Gasteiger partial charge in [0.2, 0.25) is 0 Å². The van der Waals surface area contributed by atoms with E-state index < -0.39 is 0 Å². The summed E-state index contributed by atoms with van der Waals surface area (Å²) < 4.78 is 2.12. The monoisotopic (exact) mass is 281 g/mol. The normalized spacial score (nSPS) is 10.8. The van der Waals surface area contributed by atoms with Crippen molar-refractivity contribution in [1.82, 2.24) is 14.4 Å². The van der Waals surface area contributed by atoms with E-state index >= 15 is 0 Å². The average Bonchev–Trinajstić information content (AvgIpc) is 2.81. The van der Waals surface area contributed by atoms with Gasteiger partial charge in [-0.2, -0.15) is 0 Å². The molecule has 3 aromatic rings. The van der Waals surface area contributed by atoms with Gasteiger partial charge in [0.1, 0.15) is 11.5 Å². The maximum Gasteiger partial charge on any atom is 0.137 e. The van der Waals surface area contributed by atoms with E-state index in [2.05, 4.69) is 19.7 Å². The maximum absolute atomic E-state index is 4.56. The van der Waals surface area contributed by atoms with E-state index in [9.17, 15) is 0 Å². The molecule has 0 aromatic carbocycles. The first-order chi connectivity index (χ1) is 10.1. The number of hydrogen-bond donors (Lipinski definition) is 1. The Kier molecular flexibility index (Phi) is 3.48. The molecule has 21 heavy (non-hydrogen) atoms. The fourth-order valence-electron chi connectivity index (χ4n) is 2.32. The molecule has 3 heterocycles. The summed E-state index contributed by atoms with van der Waals surface area (Å²) in [7, 11) is 3.97. The van der Waals surface area contributed by atoms with E-state index in [0.717, 1.165) is 29.4 Å². The van der Waals surface area contributed by atoms with Gasteiger partial charge < -0.3 is 14.6 Å². The molecule has 3 rings (SSSR count). The molecule has 0 amide bonds. The first kappa shape index (κ1) is 13.4. The molecule has 0 fully saturated rings. The van der Waals surface area contributed by atoms with Gasteiger partial charge in [-0.15, -0.1) is 0 Å². The fourth-order valence-corrected chi connectivity index (χ4v) is 2.32. The quantitative estimate of drug-likeness (QED) is 0.798. The highest BCUT2D eigenvalue weighted by atomic mass is 15.1. The minimum Gasteiger partial charge on any atom is -0.378 e. The Labute approximate surface area is 124 Å². The van der Waals surface area contributed by atoms with E-state index in [4.69, 9.17) is 0 Å². The van der Waals surface area contributed by atoms with Crippen molar-refractivity contribution in [3.63, 3.8) is 0 Å². The molecule has 0 unspecified atom stereocenters. The summed E-state index contributed by atoms with van der Waals surface area (Å²) in [5.74, 6) is 0.950. The van der Waals surface area contributed by atoms with Crippen LogP contribution in [-0.2, 0) is 6.54 Å². The zero-order chi connectivity index (χ0) is 14.8. The van der Waals surface area contributed by atoms with Crippen molar-refractivity contribution in [3.05, 3.63) is 54.1 Å². The number of hydrogen-bond acceptors (Lipinski definition) is 4. The second-order valence-electron chi connectivity index (χ2n) is 5.23. The molecule has 0 spiro atoms. The van der Waals surface area contributed by atoms with Crippen LogP contribution in [0.3, 0.4) is 0 Å². The minimum absolute atomic E-state index is 0.722. The first-order valence-electron chi connectivity index (χ1n) is 6.95. The summed E-state index contributed by atoms with van der Waals surface area (Å²) >= 11 is 0. The second-order valence-corrected chi connectivity index (χ2v) is 5.23. The Morgan fingerprint density at radius 2 is 2.05 bits per heavy atom. The predicted octanol–water partition coefficient (Wildman–Crippen LogP) is 2.72. The molecule has 0 atom stereocenters. The number of fused-ring (bicyclic) bond motifs is 1. The van der Waals surface area contributed by atoms with Crippen LogP contribution in [0.15, 0.2) is 42.7 Å². The molecule has 5 heteroatoms. The number of aryl methyl sites for hydroxylation is 1. The largest absolute Gasteiger partial charge is 0.378 e. The summed E-state index contributed by atoms with van der Waals surface area (Å²) in [4.78, 5) is 11.0. The molecule has 5 nitrogen and oxygen atoms in total. The van der Waals surface area contributed by atoms with Gasteiger partial charge in [-0.05, 0) is 31.2 Å². The molecule has 3 aromatic heterocycles. The summed E-state index contributed by atoms with van der Waals surface area (Å²) in [6, 6.07) is 10.1. The van der Waals surface area contributed by atoms with Crippen LogP contribution in [0.25, 0.3) is 5.65 Å². The zero-order valence-corrected chi connectivity index (χ0v) is 12.5. The van der Waals surface area contributed by atoms with Gasteiger partial charge in [0.25, 0.3) is 0 Å². The summed E-state index contributed by atoms with van der Waals surface area (Å²) in [5, 5.41) is 3.40. The molecule has 0 saturated heterocycles. The van der Waals surface area contributed by atoms with Crippen molar-refractivity contribution in [1.29, 1.82) is 0 Å². The van der Waals surface area contributed by atoms with Crippen LogP contribution in [-0.4, -0.2) is 28.5 Å². The summed E-state index contributed by atoms with van der Waals surface area (Å²) in [5.41, 5.74) is 4.20. The van der Waals surface area contributed by atoms with Gasteiger partial charge in [-0.3, -0.25) is 0 Å². The highest BCUT2D eigenvalue weighted by Gasteiger charge is 2.07.